The Kier molecular flexibility index (Phi) is 4.29. The highest BCUT2D eigenvalue weighted by atomic mass is 35.5. The van der Waals surface area contributed by atoms with Crippen molar-refractivity contribution in [3.05, 3.63) is 38.8 Å². The predicted octanol–water partition coefficient (Wildman–Crippen LogP) is 4.13. The minimum absolute atomic E-state index is 0.0213. The van der Waals surface area contributed by atoms with Gasteiger partial charge in [0.05, 0.1) is 22.2 Å². The van der Waals surface area contributed by atoms with E-state index in [1.165, 1.54) is 11.3 Å². The molecular formula is C12H10Cl2N2O2S. The van der Waals surface area contributed by atoms with Crippen LogP contribution in [0.3, 0.4) is 0 Å². The molecule has 1 aromatic heterocycles. The van der Waals surface area contributed by atoms with E-state index >= 15 is 0 Å². The number of nitrogens with zero attached hydrogens (tertiary/aromatic N) is 1. The number of aryl methyl sites for hydroxylation is 1. The summed E-state index contributed by atoms with van der Waals surface area (Å²) in [6, 6.07) is 5.16. The predicted molar refractivity (Wildman–Crippen MR) is 77.9 cm³/mol. The number of hydrogen-bond acceptors (Lipinski definition) is 4. The van der Waals surface area contributed by atoms with E-state index in [0.29, 0.717) is 15.2 Å². The van der Waals surface area contributed by atoms with E-state index in [9.17, 15) is 4.79 Å². The summed E-state index contributed by atoms with van der Waals surface area (Å²) >= 11 is 13.1. The van der Waals surface area contributed by atoms with Crippen LogP contribution in [-0.2, 0) is 11.2 Å². The van der Waals surface area contributed by atoms with Gasteiger partial charge in [-0.25, -0.2) is 4.98 Å². The van der Waals surface area contributed by atoms with Crippen molar-refractivity contribution in [2.45, 2.75) is 13.3 Å². The van der Waals surface area contributed by atoms with Gasteiger partial charge in [-0.05, 0) is 25.1 Å². The minimum Gasteiger partial charge on any atom is -0.481 e. The number of hydrogen-bond donors (Lipinski definition) is 2. The average molecular weight is 317 g/mol. The molecule has 1 aromatic carbocycles. The Morgan fingerprint density at radius 3 is 2.79 bits per heavy atom. The Morgan fingerprint density at radius 2 is 2.16 bits per heavy atom. The molecule has 0 saturated heterocycles. The first-order valence-electron chi connectivity index (χ1n) is 5.36. The SMILES string of the molecule is Cc1nc(Nc2ccc(Cl)c(Cl)c2)sc1CC(=O)O. The molecule has 0 saturated carbocycles. The summed E-state index contributed by atoms with van der Waals surface area (Å²) in [6.45, 7) is 1.79. The molecule has 0 aliphatic heterocycles. The van der Waals surface area contributed by atoms with E-state index in [0.717, 1.165) is 16.3 Å². The molecule has 0 bridgehead atoms. The highest BCUT2D eigenvalue weighted by Gasteiger charge is 2.11. The number of benzene rings is 1. The summed E-state index contributed by atoms with van der Waals surface area (Å²) in [5, 5.41) is 13.4. The summed E-state index contributed by atoms with van der Waals surface area (Å²) in [6.07, 6.45) is -0.0213. The molecule has 2 aromatic rings. The fourth-order valence-corrected chi connectivity index (χ4v) is 2.75. The Hall–Kier alpha value is -1.30. The van der Waals surface area contributed by atoms with Crippen molar-refractivity contribution in [2.24, 2.45) is 0 Å². The number of nitrogens with one attached hydrogen (secondary N) is 1. The van der Waals surface area contributed by atoms with Crippen LogP contribution in [0, 0.1) is 6.92 Å². The lowest BCUT2D eigenvalue weighted by molar-refractivity contribution is -0.136. The summed E-state index contributed by atoms with van der Waals surface area (Å²) < 4.78 is 0. The zero-order chi connectivity index (χ0) is 14.0. The van der Waals surface area contributed by atoms with Crippen molar-refractivity contribution in [2.75, 3.05) is 5.32 Å². The molecule has 0 radical (unpaired) electrons. The second-order valence-electron chi connectivity index (χ2n) is 3.85. The molecule has 2 rings (SSSR count). The lowest BCUT2D eigenvalue weighted by Gasteiger charge is -2.03. The van der Waals surface area contributed by atoms with E-state index in [2.05, 4.69) is 10.3 Å². The third-order valence-corrected chi connectivity index (χ3v) is 4.19. The highest BCUT2D eigenvalue weighted by molar-refractivity contribution is 7.15. The zero-order valence-electron chi connectivity index (χ0n) is 9.91. The van der Waals surface area contributed by atoms with Crippen molar-refractivity contribution >= 4 is 51.3 Å². The number of halogens is 2. The molecule has 0 spiro atoms. The number of aliphatic carboxylic acids is 1. The lowest BCUT2D eigenvalue weighted by atomic mass is 10.3. The summed E-state index contributed by atoms with van der Waals surface area (Å²) in [5.41, 5.74) is 1.47. The molecule has 0 aliphatic rings. The van der Waals surface area contributed by atoms with E-state index < -0.39 is 5.97 Å². The largest absolute Gasteiger partial charge is 0.481 e. The third-order valence-electron chi connectivity index (χ3n) is 2.38. The van der Waals surface area contributed by atoms with Crippen LogP contribution in [0.25, 0.3) is 0 Å². The van der Waals surface area contributed by atoms with Gasteiger partial charge in [0.15, 0.2) is 5.13 Å². The first kappa shape index (κ1) is 14.1. The number of carbonyl (C=O) groups is 1. The topological polar surface area (TPSA) is 62.2 Å². The first-order chi connectivity index (χ1) is 8.95. The molecule has 0 fully saturated rings. The Bertz CT molecular complexity index is 628. The minimum atomic E-state index is -0.868. The molecule has 4 nitrogen and oxygen atoms in total. The van der Waals surface area contributed by atoms with Crippen LogP contribution in [0.1, 0.15) is 10.6 Å². The van der Waals surface area contributed by atoms with Crippen LogP contribution in [0.5, 0.6) is 0 Å². The van der Waals surface area contributed by atoms with Crippen LogP contribution in [0.2, 0.25) is 10.0 Å². The van der Waals surface area contributed by atoms with Crippen molar-refractivity contribution in [3.63, 3.8) is 0 Å². The average Bonchev–Trinajstić information content (AvgIpc) is 2.64. The second kappa shape index (κ2) is 5.77. The monoisotopic (exact) mass is 316 g/mol. The fourth-order valence-electron chi connectivity index (χ4n) is 1.48. The van der Waals surface area contributed by atoms with Gasteiger partial charge in [0.25, 0.3) is 0 Å². The van der Waals surface area contributed by atoms with Crippen LogP contribution in [0.15, 0.2) is 18.2 Å². The van der Waals surface area contributed by atoms with E-state index in [1.54, 1.807) is 25.1 Å². The maximum atomic E-state index is 10.7. The van der Waals surface area contributed by atoms with E-state index in [4.69, 9.17) is 28.3 Å². The van der Waals surface area contributed by atoms with Crippen molar-refractivity contribution in [3.8, 4) is 0 Å². The van der Waals surface area contributed by atoms with Gasteiger partial charge in [-0.1, -0.05) is 23.2 Å². The van der Waals surface area contributed by atoms with Crippen LogP contribution < -0.4 is 5.32 Å². The van der Waals surface area contributed by atoms with Gasteiger partial charge in [0.1, 0.15) is 0 Å². The quantitative estimate of drug-likeness (QED) is 0.890. The maximum absolute atomic E-state index is 10.7. The molecule has 0 unspecified atom stereocenters. The van der Waals surface area contributed by atoms with Gasteiger partial charge < -0.3 is 10.4 Å². The molecule has 0 amide bonds. The molecule has 7 heteroatoms. The van der Waals surface area contributed by atoms with Crippen molar-refractivity contribution in [1.29, 1.82) is 0 Å². The van der Waals surface area contributed by atoms with Gasteiger partial charge in [-0.3, -0.25) is 4.79 Å². The fraction of sp³-hybridized carbons (Fsp3) is 0.167. The Labute approximate surface area is 124 Å². The number of carboxylic acids is 1. The van der Waals surface area contributed by atoms with Crippen LogP contribution in [0.4, 0.5) is 10.8 Å². The van der Waals surface area contributed by atoms with Crippen molar-refractivity contribution < 1.29 is 9.90 Å². The Morgan fingerprint density at radius 1 is 1.42 bits per heavy atom. The molecule has 0 aliphatic carbocycles. The summed E-state index contributed by atoms with van der Waals surface area (Å²) in [4.78, 5) is 15.7. The van der Waals surface area contributed by atoms with E-state index in [-0.39, 0.29) is 6.42 Å². The van der Waals surface area contributed by atoms with Gasteiger partial charge >= 0.3 is 5.97 Å². The molecule has 100 valence electrons. The normalized spacial score (nSPS) is 10.5. The Balaban J connectivity index is 2.19. The summed E-state index contributed by atoms with van der Waals surface area (Å²) in [7, 11) is 0. The molecule has 0 atom stereocenters. The van der Waals surface area contributed by atoms with Gasteiger partial charge in [0.2, 0.25) is 0 Å². The molecular weight excluding hydrogens is 307 g/mol. The van der Waals surface area contributed by atoms with Crippen LogP contribution in [-0.4, -0.2) is 16.1 Å². The highest BCUT2D eigenvalue weighted by Crippen LogP contribution is 2.29. The maximum Gasteiger partial charge on any atom is 0.308 e. The number of rotatable bonds is 4. The third kappa shape index (κ3) is 3.59. The summed E-state index contributed by atoms with van der Waals surface area (Å²) in [5.74, 6) is -0.868. The number of carboxylic acid groups (broad SMARTS) is 1. The molecule has 19 heavy (non-hydrogen) atoms. The first-order valence-corrected chi connectivity index (χ1v) is 6.93. The lowest BCUT2D eigenvalue weighted by Crippen LogP contribution is -1.99. The van der Waals surface area contributed by atoms with Crippen LogP contribution >= 0.6 is 34.5 Å². The molecule has 1 heterocycles. The van der Waals surface area contributed by atoms with Gasteiger partial charge in [0, 0.05) is 10.6 Å². The molecule has 2 N–H and O–H groups in total. The number of aromatic nitrogens is 1. The van der Waals surface area contributed by atoms with Gasteiger partial charge in [-0.15, -0.1) is 11.3 Å². The number of thiazole rings is 1. The number of anilines is 2. The van der Waals surface area contributed by atoms with E-state index in [1.807, 2.05) is 0 Å². The second-order valence-corrected chi connectivity index (χ2v) is 5.75. The zero-order valence-corrected chi connectivity index (χ0v) is 12.2. The smallest absolute Gasteiger partial charge is 0.308 e. The van der Waals surface area contributed by atoms with Gasteiger partial charge in [-0.2, -0.15) is 0 Å². The standard InChI is InChI=1S/C12H10Cl2N2O2S/c1-6-10(5-11(17)18)19-12(15-6)16-7-2-3-8(13)9(14)4-7/h2-4H,5H2,1H3,(H,15,16)(H,17,18). The van der Waals surface area contributed by atoms with Crippen molar-refractivity contribution in [1.82, 2.24) is 4.98 Å².